The van der Waals surface area contributed by atoms with Crippen molar-refractivity contribution >= 4 is 46.4 Å². The SMILES string of the molecule is Oc1cc(Cl)cc(Cl)c1C(O)c1ccc(Cl)c(Cl)c1. The fourth-order valence-corrected chi connectivity index (χ4v) is 2.58. The molecule has 0 aliphatic carbocycles. The number of aromatic hydroxyl groups is 1. The predicted octanol–water partition coefficient (Wildman–Crippen LogP) is 5.09. The van der Waals surface area contributed by atoms with E-state index >= 15 is 0 Å². The van der Waals surface area contributed by atoms with Crippen LogP contribution in [0.5, 0.6) is 5.75 Å². The van der Waals surface area contributed by atoms with Crippen molar-refractivity contribution in [3.63, 3.8) is 0 Å². The van der Waals surface area contributed by atoms with Crippen molar-refractivity contribution in [1.82, 2.24) is 0 Å². The highest BCUT2D eigenvalue weighted by molar-refractivity contribution is 6.42. The van der Waals surface area contributed by atoms with Crippen LogP contribution in [0.1, 0.15) is 17.2 Å². The van der Waals surface area contributed by atoms with Crippen molar-refractivity contribution in [1.29, 1.82) is 0 Å². The number of phenols is 1. The summed E-state index contributed by atoms with van der Waals surface area (Å²) in [6, 6.07) is 7.42. The minimum atomic E-state index is -1.13. The lowest BCUT2D eigenvalue weighted by molar-refractivity contribution is 0.215. The van der Waals surface area contributed by atoms with Crippen LogP contribution in [0.3, 0.4) is 0 Å². The van der Waals surface area contributed by atoms with E-state index in [1.807, 2.05) is 0 Å². The molecule has 1 unspecified atom stereocenters. The second kappa shape index (κ2) is 5.78. The first-order valence-electron chi connectivity index (χ1n) is 5.21. The minimum absolute atomic E-state index is 0.170. The van der Waals surface area contributed by atoms with Crippen molar-refractivity contribution in [2.45, 2.75) is 6.10 Å². The lowest BCUT2D eigenvalue weighted by atomic mass is 10.0. The van der Waals surface area contributed by atoms with E-state index in [0.717, 1.165) is 0 Å². The maximum atomic E-state index is 10.3. The second-order valence-electron chi connectivity index (χ2n) is 3.90. The van der Waals surface area contributed by atoms with Gasteiger partial charge >= 0.3 is 0 Å². The molecule has 2 aromatic rings. The van der Waals surface area contributed by atoms with E-state index in [9.17, 15) is 10.2 Å². The zero-order valence-corrected chi connectivity index (χ0v) is 12.4. The molecule has 0 radical (unpaired) electrons. The highest BCUT2D eigenvalue weighted by Gasteiger charge is 2.19. The van der Waals surface area contributed by atoms with Gasteiger partial charge in [0.2, 0.25) is 0 Å². The molecule has 0 aromatic heterocycles. The summed E-state index contributed by atoms with van der Waals surface area (Å²) >= 11 is 23.4. The molecule has 0 aliphatic rings. The average molecular weight is 338 g/mol. The Morgan fingerprint density at radius 2 is 1.53 bits per heavy atom. The van der Waals surface area contributed by atoms with Gasteiger partial charge in [-0.15, -0.1) is 0 Å². The molecule has 0 amide bonds. The molecule has 0 fully saturated rings. The summed E-state index contributed by atoms with van der Waals surface area (Å²) in [7, 11) is 0. The van der Waals surface area contributed by atoms with Gasteiger partial charge in [0.05, 0.1) is 15.1 Å². The maximum absolute atomic E-state index is 10.3. The second-order valence-corrected chi connectivity index (χ2v) is 5.55. The van der Waals surface area contributed by atoms with Crippen molar-refractivity contribution < 1.29 is 10.2 Å². The zero-order chi connectivity index (χ0) is 14.2. The van der Waals surface area contributed by atoms with Gasteiger partial charge in [0, 0.05) is 10.6 Å². The third kappa shape index (κ3) is 3.10. The smallest absolute Gasteiger partial charge is 0.124 e. The number of halogens is 4. The molecule has 0 saturated heterocycles. The Morgan fingerprint density at radius 1 is 0.842 bits per heavy atom. The largest absolute Gasteiger partial charge is 0.507 e. The van der Waals surface area contributed by atoms with Crippen LogP contribution >= 0.6 is 46.4 Å². The molecule has 0 saturated carbocycles. The van der Waals surface area contributed by atoms with E-state index in [1.54, 1.807) is 12.1 Å². The summed E-state index contributed by atoms with van der Waals surface area (Å²) < 4.78 is 0. The lowest BCUT2D eigenvalue weighted by Crippen LogP contribution is -2.01. The molecule has 1 atom stereocenters. The van der Waals surface area contributed by atoms with E-state index < -0.39 is 6.10 Å². The van der Waals surface area contributed by atoms with E-state index in [0.29, 0.717) is 15.6 Å². The zero-order valence-electron chi connectivity index (χ0n) is 9.37. The number of phenolic OH excluding ortho intramolecular Hbond substituents is 1. The average Bonchev–Trinajstić information content (AvgIpc) is 2.31. The molecule has 2 rings (SSSR count). The van der Waals surface area contributed by atoms with Gasteiger partial charge in [-0.1, -0.05) is 52.5 Å². The minimum Gasteiger partial charge on any atom is -0.507 e. The molecule has 2 N–H and O–H groups in total. The monoisotopic (exact) mass is 336 g/mol. The molecule has 2 nitrogen and oxygen atoms in total. The predicted molar refractivity (Wildman–Crippen MR) is 78.7 cm³/mol. The van der Waals surface area contributed by atoms with Crippen LogP contribution in [0.25, 0.3) is 0 Å². The van der Waals surface area contributed by atoms with Crippen LogP contribution in [0.15, 0.2) is 30.3 Å². The van der Waals surface area contributed by atoms with Gasteiger partial charge in [-0.25, -0.2) is 0 Å². The third-order valence-corrected chi connectivity index (χ3v) is 3.88. The Balaban J connectivity index is 2.49. The van der Waals surface area contributed by atoms with Gasteiger partial charge in [0.15, 0.2) is 0 Å². The van der Waals surface area contributed by atoms with Crippen molar-refractivity contribution in [2.24, 2.45) is 0 Å². The topological polar surface area (TPSA) is 40.5 Å². The van der Waals surface area contributed by atoms with Crippen LogP contribution < -0.4 is 0 Å². The first-order valence-corrected chi connectivity index (χ1v) is 6.72. The molecule has 19 heavy (non-hydrogen) atoms. The van der Waals surface area contributed by atoms with Gasteiger partial charge in [-0.3, -0.25) is 0 Å². The molecular formula is C13H8Cl4O2. The van der Waals surface area contributed by atoms with E-state index in [-0.39, 0.29) is 21.4 Å². The Labute approximate surface area is 130 Å². The van der Waals surface area contributed by atoms with Crippen LogP contribution in [0.2, 0.25) is 20.1 Å². The summed E-state index contributed by atoms with van der Waals surface area (Å²) in [6.07, 6.45) is -1.13. The summed E-state index contributed by atoms with van der Waals surface area (Å²) in [4.78, 5) is 0. The number of hydrogen-bond acceptors (Lipinski definition) is 2. The van der Waals surface area contributed by atoms with Crippen LogP contribution in [-0.4, -0.2) is 10.2 Å². The molecule has 6 heteroatoms. The van der Waals surface area contributed by atoms with Gasteiger partial charge in [0.25, 0.3) is 0 Å². The van der Waals surface area contributed by atoms with E-state index in [4.69, 9.17) is 46.4 Å². The fourth-order valence-electron chi connectivity index (χ4n) is 1.69. The van der Waals surface area contributed by atoms with Gasteiger partial charge in [-0.05, 0) is 29.8 Å². The Hall–Kier alpha value is -0.640. The van der Waals surface area contributed by atoms with Crippen LogP contribution in [0, 0.1) is 0 Å². The van der Waals surface area contributed by atoms with E-state index in [2.05, 4.69) is 0 Å². The molecule has 0 spiro atoms. The first kappa shape index (κ1) is 14.8. The maximum Gasteiger partial charge on any atom is 0.124 e. The molecule has 0 aliphatic heterocycles. The number of aliphatic hydroxyl groups is 1. The number of aliphatic hydroxyl groups excluding tert-OH is 1. The Kier molecular flexibility index (Phi) is 4.49. The quantitative estimate of drug-likeness (QED) is 0.801. The highest BCUT2D eigenvalue weighted by atomic mass is 35.5. The summed E-state index contributed by atoms with van der Waals surface area (Å²) in [5.41, 5.74) is 0.637. The lowest BCUT2D eigenvalue weighted by Gasteiger charge is -2.15. The van der Waals surface area contributed by atoms with Crippen molar-refractivity contribution in [2.75, 3.05) is 0 Å². The number of benzene rings is 2. The Morgan fingerprint density at radius 3 is 2.11 bits per heavy atom. The summed E-state index contributed by atoms with van der Waals surface area (Å²) in [6.45, 7) is 0. The molecule has 0 heterocycles. The number of hydrogen-bond donors (Lipinski definition) is 2. The fraction of sp³-hybridized carbons (Fsp3) is 0.0769. The van der Waals surface area contributed by atoms with Crippen LogP contribution in [-0.2, 0) is 0 Å². The van der Waals surface area contributed by atoms with Gasteiger partial charge in [-0.2, -0.15) is 0 Å². The normalized spacial score (nSPS) is 12.5. The summed E-state index contributed by atoms with van der Waals surface area (Å²) in [5, 5.41) is 21.3. The Bertz CT molecular complexity index is 605. The summed E-state index contributed by atoms with van der Waals surface area (Å²) in [5.74, 6) is -0.184. The first-order chi connectivity index (χ1) is 8.90. The standard InChI is InChI=1S/C13H8Cl4O2/c14-7-4-10(17)12(11(18)5-7)13(19)6-1-2-8(15)9(16)3-6/h1-5,13,18-19H. The van der Waals surface area contributed by atoms with Gasteiger partial charge in [0.1, 0.15) is 11.9 Å². The molecular weight excluding hydrogens is 330 g/mol. The van der Waals surface area contributed by atoms with Gasteiger partial charge < -0.3 is 10.2 Å². The molecule has 100 valence electrons. The third-order valence-electron chi connectivity index (χ3n) is 2.61. The van der Waals surface area contributed by atoms with E-state index in [1.165, 1.54) is 18.2 Å². The highest BCUT2D eigenvalue weighted by Crippen LogP contribution is 2.38. The number of rotatable bonds is 2. The molecule has 2 aromatic carbocycles. The van der Waals surface area contributed by atoms with Crippen LogP contribution in [0.4, 0.5) is 0 Å². The van der Waals surface area contributed by atoms with Crippen molar-refractivity contribution in [3.05, 3.63) is 61.5 Å². The van der Waals surface area contributed by atoms with Crippen molar-refractivity contribution in [3.8, 4) is 5.75 Å². The molecule has 0 bridgehead atoms.